The van der Waals surface area contributed by atoms with Gasteiger partial charge in [0.25, 0.3) is 5.91 Å². The lowest BCUT2D eigenvalue weighted by molar-refractivity contribution is -0.123. The Balaban J connectivity index is 1.68. The number of imidazole rings is 1. The maximum atomic E-state index is 12.8. The van der Waals surface area contributed by atoms with Crippen molar-refractivity contribution in [3.8, 4) is 0 Å². The van der Waals surface area contributed by atoms with Crippen molar-refractivity contribution < 1.29 is 9.59 Å². The fraction of sp³-hybridized carbons (Fsp3) is 0.318. The number of carbonyl (C=O) groups excluding carboxylic acids is 2. The molecule has 0 saturated heterocycles. The molecule has 0 spiro atoms. The van der Waals surface area contributed by atoms with Gasteiger partial charge < -0.3 is 15.0 Å². The van der Waals surface area contributed by atoms with Gasteiger partial charge in [-0.15, -0.1) is 0 Å². The molecule has 0 fully saturated rings. The highest BCUT2D eigenvalue weighted by Crippen LogP contribution is 2.13. The molecule has 0 aliphatic heterocycles. The van der Waals surface area contributed by atoms with Gasteiger partial charge in [-0.2, -0.15) is 0 Å². The summed E-state index contributed by atoms with van der Waals surface area (Å²) in [5, 5.41) is 5.80. The second-order valence-electron chi connectivity index (χ2n) is 7.53. The minimum Gasteiger partial charge on any atom is -0.349 e. The van der Waals surface area contributed by atoms with E-state index in [2.05, 4.69) is 31.5 Å². The monoisotopic (exact) mass is 456 g/mol. The summed E-state index contributed by atoms with van der Waals surface area (Å²) < 4.78 is 2.85. The van der Waals surface area contributed by atoms with Gasteiger partial charge in [0, 0.05) is 22.4 Å². The molecule has 7 heteroatoms. The molecule has 2 amide bonds. The summed E-state index contributed by atoms with van der Waals surface area (Å²) in [4.78, 5) is 30.0. The van der Waals surface area contributed by atoms with Gasteiger partial charge in [-0.25, -0.2) is 4.98 Å². The van der Waals surface area contributed by atoms with Crippen LogP contribution in [0.5, 0.6) is 0 Å². The quantitative estimate of drug-likeness (QED) is 0.566. The van der Waals surface area contributed by atoms with E-state index in [1.165, 1.54) is 0 Å². The normalized spacial score (nSPS) is 12.2. The molecule has 0 saturated carbocycles. The molecule has 29 heavy (non-hydrogen) atoms. The van der Waals surface area contributed by atoms with Crippen LogP contribution in [0.25, 0.3) is 5.65 Å². The molecule has 1 aromatic carbocycles. The standard InChI is InChI=1S/C22H25BrN4O2/c1-14(2)10-19(26-21(28)18-7-5-4-6-15(18)3)22(29)24-11-17-13-27-12-16(23)8-9-20(27)25-17/h4-9,12-14,19H,10-11H2,1-3H3,(H,24,29)(H,26,28). The Bertz CT molecular complexity index is 1030. The largest absolute Gasteiger partial charge is 0.349 e. The third-order valence-corrected chi connectivity index (χ3v) is 5.10. The lowest BCUT2D eigenvalue weighted by Gasteiger charge is -2.20. The lowest BCUT2D eigenvalue weighted by Crippen LogP contribution is -2.47. The average Bonchev–Trinajstić information content (AvgIpc) is 3.07. The van der Waals surface area contributed by atoms with Crippen molar-refractivity contribution in [1.82, 2.24) is 20.0 Å². The molecule has 0 aliphatic rings. The van der Waals surface area contributed by atoms with Crippen LogP contribution in [0.2, 0.25) is 0 Å². The lowest BCUT2D eigenvalue weighted by atomic mass is 10.0. The Morgan fingerprint density at radius 3 is 2.62 bits per heavy atom. The van der Waals surface area contributed by atoms with E-state index < -0.39 is 6.04 Å². The minimum atomic E-state index is -0.603. The molecule has 6 nitrogen and oxygen atoms in total. The number of hydrogen-bond donors (Lipinski definition) is 2. The zero-order chi connectivity index (χ0) is 21.0. The van der Waals surface area contributed by atoms with E-state index >= 15 is 0 Å². The molecule has 152 valence electrons. The van der Waals surface area contributed by atoms with Crippen molar-refractivity contribution >= 4 is 33.4 Å². The minimum absolute atomic E-state index is 0.209. The van der Waals surface area contributed by atoms with E-state index in [-0.39, 0.29) is 17.7 Å². The van der Waals surface area contributed by atoms with E-state index in [1.807, 2.05) is 67.9 Å². The number of carbonyl (C=O) groups is 2. The number of amides is 2. The van der Waals surface area contributed by atoms with Gasteiger partial charge in [-0.1, -0.05) is 32.0 Å². The highest BCUT2D eigenvalue weighted by molar-refractivity contribution is 9.10. The summed E-state index contributed by atoms with van der Waals surface area (Å²) in [6.07, 6.45) is 4.35. The van der Waals surface area contributed by atoms with Crippen LogP contribution in [0.3, 0.4) is 0 Å². The van der Waals surface area contributed by atoms with Crippen LogP contribution in [0, 0.1) is 12.8 Å². The highest BCUT2D eigenvalue weighted by Gasteiger charge is 2.23. The van der Waals surface area contributed by atoms with Gasteiger partial charge in [0.2, 0.25) is 5.91 Å². The van der Waals surface area contributed by atoms with Crippen LogP contribution in [-0.2, 0) is 11.3 Å². The highest BCUT2D eigenvalue weighted by atomic mass is 79.9. The molecule has 0 aliphatic carbocycles. The Kier molecular flexibility index (Phi) is 6.69. The van der Waals surface area contributed by atoms with Gasteiger partial charge in [-0.05, 0) is 59.0 Å². The number of nitrogens with zero attached hydrogens (tertiary/aromatic N) is 2. The average molecular weight is 457 g/mol. The fourth-order valence-corrected chi connectivity index (χ4v) is 3.52. The number of pyridine rings is 1. The van der Waals surface area contributed by atoms with Crippen molar-refractivity contribution in [2.75, 3.05) is 0 Å². The maximum absolute atomic E-state index is 12.8. The molecule has 2 aromatic heterocycles. The predicted molar refractivity (Wildman–Crippen MR) is 117 cm³/mol. The van der Waals surface area contributed by atoms with E-state index in [1.54, 1.807) is 6.07 Å². The van der Waals surface area contributed by atoms with Crippen molar-refractivity contribution in [2.24, 2.45) is 5.92 Å². The first-order chi connectivity index (χ1) is 13.8. The summed E-state index contributed by atoms with van der Waals surface area (Å²) in [5.74, 6) is -0.184. The molecule has 1 atom stereocenters. The smallest absolute Gasteiger partial charge is 0.252 e. The molecular weight excluding hydrogens is 432 g/mol. The van der Waals surface area contributed by atoms with Crippen LogP contribution < -0.4 is 10.6 Å². The third kappa shape index (κ3) is 5.44. The summed E-state index contributed by atoms with van der Waals surface area (Å²) in [5.41, 5.74) is 3.03. The zero-order valence-corrected chi connectivity index (χ0v) is 18.4. The molecule has 2 N–H and O–H groups in total. The van der Waals surface area contributed by atoms with Crippen molar-refractivity contribution in [3.63, 3.8) is 0 Å². The molecule has 0 bridgehead atoms. The SMILES string of the molecule is Cc1ccccc1C(=O)NC(CC(C)C)C(=O)NCc1cn2cc(Br)ccc2n1. The van der Waals surface area contributed by atoms with Crippen LogP contribution in [0.15, 0.2) is 53.3 Å². The number of rotatable bonds is 7. The maximum Gasteiger partial charge on any atom is 0.252 e. The van der Waals surface area contributed by atoms with Crippen LogP contribution in [0.1, 0.15) is 41.9 Å². The summed E-state index contributed by atoms with van der Waals surface area (Å²) in [7, 11) is 0. The Hall–Kier alpha value is -2.67. The van der Waals surface area contributed by atoms with Gasteiger partial charge in [-0.3, -0.25) is 9.59 Å². The predicted octanol–water partition coefficient (Wildman–Crippen LogP) is 3.87. The van der Waals surface area contributed by atoms with Crippen molar-refractivity contribution in [3.05, 3.63) is 70.1 Å². The summed E-state index contributed by atoms with van der Waals surface area (Å²) in [6.45, 7) is 6.24. The van der Waals surface area contributed by atoms with E-state index in [0.29, 0.717) is 18.5 Å². The van der Waals surface area contributed by atoms with Crippen LogP contribution in [-0.4, -0.2) is 27.2 Å². The second-order valence-corrected chi connectivity index (χ2v) is 8.45. The number of fused-ring (bicyclic) bond motifs is 1. The van der Waals surface area contributed by atoms with Crippen LogP contribution in [0.4, 0.5) is 0 Å². The first-order valence-corrected chi connectivity index (χ1v) is 10.4. The number of aryl methyl sites for hydroxylation is 1. The Labute approximate surface area is 178 Å². The number of benzene rings is 1. The molecule has 3 rings (SSSR count). The number of aromatic nitrogens is 2. The Morgan fingerprint density at radius 1 is 1.14 bits per heavy atom. The van der Waals surface area contributed by atoms with Crippen molar-refractivity contribution in [2.45, 2.75) is 39.8 Å². The topological polar surface area (TPSA) is 75.5 Å². The molecule has 2 heterocycles. The second kappa shape index (κ2) is 9.22. The zero-order valence-electron chi connectivity index (χ0n) is 16.8. The third-order valence-electron chi connectivity index (χ3n) is 4.63. The van der Waals surface area contributed by atoms with E-state index in [4.69, 9.17) is 0 Å². The van der Waals surface area contributed by atoms with Gasteiger partial charge >= 0.3 is 0 Å². The molecule has 0 radical (unpaired) electrons. The van der Waals surface area contributed by atoms with Gasteiger partial charge in [0.15, 0.2) is 0 Å². The van der Waals surface area contributed by atoms with Crippen molar-refractivity contribution in [1.29, 1.82) is 0 Å². The summed E-state index contributed by atoms with van der Waals surface area (Å²) in [6, 6.07) is 10.6. The number of hydrogen-bond acceptors (Lipinski definition) is 3. The van der Waals surface area contributed by atoms with Crippen LogP contribution >= 0.6 is 15.9 Å². The van der Waals surface area contributed by atoms with Gasteiger partial charge in [0.1, 0.15) is 11.7 Å². The first-order valence-electron chi connectivity index (χ1n) is 9.61. The number of nitrogens with one attached hydrogen (secondary N) is 2. The number of halogens is 1. The fourth-order valence-electron chi connectivity index (χ4n) is 3.17. The van der Waals surface area contributed by atoms with E-state index in [9.17, 15) is 9.59 Å². The Morgan fingerprint density at radius 2 is 1.90 bits per heavy atom. The summed E-state index contributed by atoms with van der Waals surface area (Å²) >= 11 is 3.43. The molecular formula is C22H25BrN4O2. The van der Waals surface area contributed by atoms with Gasteiger partial charge in [0.05, 0.1) is 12.2 Å². The van der Waals surface area contributed by atoms with E-state index in [0.717, 1.165) is 21.4 Å². The molecule has 3 aromatic rings. The first kappa shape index (κ1) is 21.0. The molecule has 1 unspecified atom stereocenters.